The van der Waals surface area contributed by atoms with Gasteiger partial charge < -0.3 is 9.09 Å². The molecule has 2 aromatic heterocycles. The van der Waals surface area contributed by atoms with Gasteiger partial charge in [-0.25, -0.2) is 0 Å². The molecule has 102 valence electrons. The van der Waals surface area contributed by atoms with E-state index in [1.54, 1.807) is 12.1 Å². The summed E-state index contributed by atoms with van der Waals surface area (Å²) in [6, 6.07) is 3.52. The van der Waals surface area contributed by atoms with Crippen LogP contribution in [-0.4, -0.2) is 15.6 Å². The summed E-state index contributed by atoms with van der Waals surface area (Å²) in [6.07, 6.45) is 1.87. The molecule has 2 rings (SSSR count). The summed E-state index contributed by atoms with van der Waals surface area (Å²) in [5.74, 6) is 0.427. The van der Waals surface area contributed by atoms with Crippen molar-refractivity contribution in [3.63, 3.8) is 0 Å². The minimum absolute atomic E-state index is 0.209. The smallest absolute Gasteiger partial charge is 0.274 e. The summed E-state index contributed by atoms with van der Waals surface area (Å²) in [6.45, 7) is 6.74. The molecule has 0 aliphatic heterocycles. The summed E-state index contributed by atoms with van der Waals surface area (Å²) < 4.78 is 7.83. The van der Waals surface area contributed by atoms with Gasteiger partial charge in [-0.3, -0.25) is 10.1 Å². The third-order valence-electron chi connectivity index (χ3n) is 2.79. The number of aryl methyl sites for hydroxylation is 1. The highest BCUT2D eigenvalue weighted by Gasteiger charge is 2.15. The Morgan fingerprint density at radius 2 is 2.26 bits per heavy atom. The van der Waals surface area contributed by atoms with Gasteiger partial charge in [-0.2, -0.15) is 0 Å². The SMILES string of the molecule is CCn1cc(Br)cc1C(=O)Nc1cc(C(C)C)no1. The average molecular weight is 326 g/mol. The lowest BCUT2D eigenvalue weighted by Gasteiger charge is -2.04. The number of carbonyl (C=O) groups excluding carboxylic acids is 1. The van der Waals surface area contributed by atoms with Crippen molar-refractivity contribution in [3.8, 4) is 0 Å². The normalized spacial score (nSPS) is 11.0. The van der Waals surface area contributed by atoms with Crippen LogP contribution in [0.1, 0.15) is 42.9 Å². The number of nitrogens with one attached hydrogen (secondary N) is 1. The molecule has 0 spiro atoms. The molecule has 0 bridgehead atoms. The van der Waals surface area contributed by atoms with Crippen LogP contribution >= 0.6 is 15.9 Å². The van der Waals surface area contributed by atoms with Crippen LogP contribution in [0.5, 0.6) is 0 Å². The summed E-state index contributed by atoms with van der Waals surface area (Å²) in [5, 5.41) is 6.62. The fourth-order valence-corrected chi connectivity index (χ4v) is 2.19. The molecule has 5 nitrogen and oxygen atoms in total. The maximum atomic E-state index is 12.1. The average Bonchev–Trinajstić information content (AvgIpc) is 2.95. The number of carbonyl (C=O) groups is 1. The van der Waals surface area contributed by atoms with Gasteiger partial charge in [0.05, 0.1) is 5.69 Å². The van der Waals surface area contributed by atoms with Gasteiger partial charge in [0.25, 0.3) is 5.91 Å². The van der Waals surface area contributed by atoms with E-state index in [-0.39, 0.29) is 11.8 Å². The van der Waals surface area contributed by atoms with Crippen LogP contribution in [-0.2, 0) is 6.54 Å². The molecule has 0 saturated heterocycles. The highest BCUT2D eigenvalue weighted by molar-refractivity contribution is 9.10. The molecule has 2 aromatic rings. The molecular formula is C13H16BrN3O2. The largest absolute Gasteiger partial charge is 0.343 e. The quantitative estimate of drug-likeness (QED) is 0.933. The molecule has 19 heavy (non-hydrogen) atoms. The van der Waals surface area contributed by atoms with Crippen molar-refractivity contribution in [2.24, 2.45) is 0 Å². The Morgan fingerprint density at radius 3 is 2.84 bits per heavy atom. The highest BCUT2D eigenvalue weighted by Crippen LogP contribution is 2.20. The lowest BCUT2D eigenvalue weighted by Crippen LogP contribution is -2.15. The molecular weight excluding hydrogens is 310 g/mol. The van der Waals surface area contributed by atoms with E-state index in [4.69, 9.17) is 4.52 Å². The summed E-state index contributed by atoms with van der Waals surface area (Å²) in [4.78, 5) is 12.1. The molecule has 0 aromatic carbocycles. The maximum Gasteiger partial charge on any atom is 0.274 e. The Labute approximate surface area is 120 Å². The minimum Gasteiger partial charge on any atom is -0.343 e. The molecule has 0 unspecified atom stereocenters. The van der Waals surface area contributed by atoms with Crippen LogP contribution in [0.15, 0.2) is 27.3 Å². The molecule has 1 N–H and O–H groups in total. The fraction of sp³-hybridized carbons (Fsp3) is 0.385. The van der Waals surface area contributed by atoms with Gasteiger partial charge in [0, 0.05) is 23.3 Å². The van der Waals surface area contributed by atoms with Crippen molar-refractivity contribution in [3.05, 3.63) is 34.2 Å². The first-order valence-corrected chi connectivity index (χ1v) is 6.94. The molecule has 0 saturated carbocycles. The van der Waals surface area contributed by atoms with Crippen molar-refractivity contribution < 1.29 is 9.32 Å². The van der Waals surface area contributed by atoms with E-state index < -0.39 is 0 Å². The van der Waals surface area contributed by atoms with E-state index in [0.29, 0.717) is 11.6 Å². The number of aromatic nitrogens is 2. The van der Waals surface area contributed by atoms with Crippen molar-refractivity contribution in [2.75, 3.05) is 5.32 Å². The molecule has 2 heterocycles. The molecule has 6 heteroatoms. The van der Waals surface area contributed by atoms with Gasteiger partial charge >= 0.3 is 0 Å². The molecule has 0 atom stereocenters. The number of hydrogen-bond acceptors (Lipinski definition) is 3. The van der Waals surface area contributed by atoms with Crippen molar-refractivity contribution in [1.82, 2.24) is 9.72 Å². The summed E-state index contributed by atoms with van der Waals surface area (Å²) >= 11 is 3.36. The summed E-state index contributed by atoms with van der Waals surface area (Å²) in [7, 11) is 0. The van der Waals surface area contributed by atoms with Gasteiger partial charge in [0.15, 0.2) is 0 Å². The van der Waals surface area contributed by atoms with E-state index in [1.165, 1.54) is 0 Å². The van der Waals surface area contributed by atoms with E-state index >= 15 is 0 Å². The number of amides is 1. The first-order valence-electron chi connectivity index (χ1n) is 6.15. The standard InChI is InChI=1S/C13H16BrN3O2/c1-4-17-7-9(14)5-11(17)13(18)15-12-6-10(8(2)3)16-19-12/h5-8H,4H2,1-3H3,(H,15,18). The van der Waals surface area contributed by atoms with Crippen molar-refractivity contribution in [1.29, 1.82) is 0 Å². The Balaban J connectivity index is 2.15. The topological polar surface area (TPSA) is 60.1 Å². The third kappa shape index (κ3) is 3.07. The second kappa shape index (κ2) is 5.61. The van der Waals surface area contributed by atoms with E-state index in [1.807, 2.05) is 31.5 Å². The lowest BCUT2D eigenvalue weighted by molar-refractivity contribution is 0.101. The zero-order valence-electron chi connectivity index (χ0n) is 11.1. The van der Waals surface area contributed by atoms with E-state index in [9.17, 15) is 4.79 Å². The molecule has 1 amide bonds. The molecule has 0 aliphatic rings. The lowest BCUT2D eigenvalue weighted by atomic mass is 10.1. The number of rotatable bonds is 4. The molecule has 0 aliphatic carbocycles. The van der Waals surface area contributed by atoms with Crippen LogP contribution in [0, 0.1) is 0 Å². The van der Waals surface area contributed by atoms with Gasteiger partial charge in [0.2, 0.25) is 5.88 Å². The minimum atomic E-state index is -0.209. The van der Waals surface area contributed by atoms with Gasteiger partial charge in [0.1, 0.15) is 5.69 Å². The van der Waals surface area contributed by atoms with Crippen LogP contribution in [0.4, 0.5) is 5.88 Å². The predicted octanol–water partition coefficient (Wildman–Crippen LogP) is 3.63. The highest BCUT2D eigenvalue weighted by atomic mass is 79.9. The number of hydrogen-bond donors (Lipinski definition) is 1. The van der Waals surface area contributed by atoms with Gasteiger partial charge in [-0.05, 0) is 34.8 Å². The van der Waals surface area contributed by atoms with E-state index in [2.05, 4.69) is 26.4 Å². The Morgan fingerprint density at radius 1 is 1.53 bits per heavy atom. The monoisotopic (exact) mass is 325 g/mol. The summed E-state index contributed by atoms with van der Waals surface area (Å²) in [5.41, 5.74) is 1.40. The number of anilines is 1. The Kier molecular flexibility index (Phi) is 4.09. The zero-order valence-corrected chi connectivity index (χ0v) is 12.7. The zero-order chi connectivity index (χ0) is 14.0. The predicted molar refractivity (Wildman–Crippen MR) is 76.4 cm³/mol. The second-order valence-corrected chi connectivity index (χ2v) is 5.47. The fourth-order valence-electron chi connectivity index (χ4n) is 1.72. The molecule has 0 radical (unpaired) electrons. The maximum absolute atomic E-state index is 12.1. The van der Waals surface area contributed by atoms with E-state index in [0.717, 1.165) is 16.7 Å². The number of nitrogens with zero attached hydrogens (tertiary/aromatic N) is 2. The number of halogens is 1. The van der Waals surface area contributed by atoms with Crippen LogP contribution in [0.25, 0.3) is 0 Å². The van der Waals surface area contributed by atoms with Crippen LogP contribution < -0.4 is 5.32 Å². The first-order chi connectivity index (χ1) is 9.01. The Bertz CT molecular complexity index is 586. The second-order valence-electron chi connectivity index (χ2n) is 4.55. The van der Waals surface area contributed by atoms with Crippen molar-refractivity contribution >= 4 is 27.7 Å². The van der Waals surface area contributed by atoms with Gasteiger partial charge in [-0.15, -0.1) is 0 Å². The van der Waals surface area contributed by atoms with Crippen LogP contribution in [0.3, 0.4) is 0 Å². The first kappa shape index (κ1) is 13.9. The van der Waals surface area contributed by atoms with Crippen molar-refractivity contribution in [2.45, 2.75) is 33.2 Å². The third-order valence-corrected chi connectivity index (χ3v) is 3.23. The Hall–Kier alpha value is -1.56. The van der Waals surface area contributed by atoms with Crippen LogP contribution in [0.2, 0.25) is 0 Å². The molecule has 0 fully saturated rings. The van der Waals surface area contributed by atoms with Gasteiger partial charge in [-0.1, -0.05) is 19.0 Å².